The molecule has 0 saturated carbocycles. The minimum Gasteiger partial charge on any atom is -0.496 e. The van der Waals surface area contributed by atoms with Crippen molar-refractivity contribution in [1.29, 1.82) is 0 Å². The molecule has 0 spiro atoms. The lowest BCUT2D eigenvalue weighted by molar-refractivity contribution is 0.392. The molecule has 0 aliphatic carbocycles. The fourth-order valence-electron chi connectivity index (χ4n) is 2.62. The molecule has 2 aromatic carbocycles. The van der Waals surface area contributed by atoms with Crippen molar-refractivity contribution in [3.05, 3.63) is 59.3 Å². The maximum Gasteiger partial charge on any atom is 0.130 e. The molecule has 0 fully saturated rings. The van der Waals surface area contributed by atoms with E-state index >= 15 is 0 Å². The van der Waals surface area contributed by atoms with E-state index in [1.54, 1.807) is 14.2 Å². The predicted molar refractivity (Wildman–Crippen MR) is 102 cm³/mol. The lowest BCUT2D eigenvalue weighted by Gasteiger charge is -2.19. The fraction of sp³-hybridized carbons (Fsp3) is 0.300. The number of ether oxygens (including phenoxy) is 2. The molecule has 3 heteroatoms. The highest BCUT2D eigenvalue weighted by Crippen LogP contribution is 2.32. The van der Waals surface area contributed by atoms with E-state index in [4.69, 9.17) is 9.47 Å². The van der Waals surface area contributed by atoms with Crippen molar-refractivity contribution in [2.24, 2.45) is 0 Å². The van der Waals surface area contributed by atoms with Crippen LogP contribution in [0.25, 0.3) is 6.08 Å². The third kappa shape index (κ3) is 4.05. The SMILES string of the molecule is CCc1cc(OC)c(/C=C/[Si](C)(C)c2ccccc2)c(OC)c1. The Morgan fingerprint density at radius 2 is 1.52 bits per heavy atom. The van der Waals surface area contributed by atoms with Gasteiger partial charge in [0, 0.05) is 0 Å². The number of hydrogen-bond acceptors (Lipinski definition) is 2. The van der Waals surface area contributed by atoms with Gasteiger partial charge in [-0.3, -0.25) is 0 Å². The summed E-state index contributed by atoms with van der Waals surface area (Å²) in [5.74, 6) is 1.74. The molecule has 2 rings (SSSR count). The highest BCUT2D eigenvalue weighted by molar-refractivity contribution is 6.94. The van der Waals surface area contributed by atoms with E-state index in [-0.39, 0.29) is 0 Å². The first kappa shape index (κ1) is 17.4. The average Bonchev–Trinajstić information content (AvgIpc) is 2.59. The first-order valence-corrected chi connectivity index (χ1v) is 11.1. The van der Waals surface area contributed by atoms with Gasteiger partial charge in [-0.05, 0) is 24.1 Å². The molecule has 2 nitrogen and oxygen atoms in total. The van der Waals surface area contributed by atoms with Crippen molar-refractivity contribution < 1.29 is 9.47 Å². The Bertz CT molecular complexity index is 650. The van der Waals surface area contributed by atoms with E-state index in [1.807, 2.05) is 0 Å². The van der Waals surface area contributed by atoms with E-state index in [2.05, 4.69) is 74.3 Å². The van der Waals surface area contributed by atoms with Gasteiger partial charge in [0.05, 0.1) is 19.8 Å². The molecule has 122 valence electrons. The van der Waals surface area contributed by atoms with Crippen LogP contribution in [0.3, 0.4) is 0 Å². The van der Waals surface area contributed by atoms with Crippen LogP contribution in [0.4, 0.5) is 0 Å². The van der Waals surface area contributed by atoms with Crippen molar-refractivity contribution in [1.82, 2.24) is 0 Å². The van der Waals surface area contributed by atoms with E-state index in [0.29, 0.717) is 0 Å². The first-order chi connectivity index (χ1) is 11.0. The quantitative estimate of drug-likeness (QED) is 0.731. The van der Waals surface area contributed by atoms with Crippen LogP contribution in [-0.2, 0) is 6.42 Å². The topological polar surface area (TPSA) is 18.5 Å². The molecule has 0 radical (unpaired) electrons. The minimum absolute atomic E-state index is 0.871. The molecule has 0 aromatic heterocycles. The summed E-state index contributed by atoms with van der Waals surface area (Å²) >= 11 is 0. The summed E-state index contributed by atoms with van der Waals surface area (Å²) in [6.07, 6.45) is 3.12. The van der Waals surface area contributed by atoms with Crippen LogP contribution in [-0.4, -0.2) is 22.3 Å². The van der Waals surface area contributed by atoms with Gasteiger partial charge in [0.15, 0.2) is 0 Å². The predicted octanol–water partition coefficient (Wildman–Crippen LogP) is 4.43. The second-order valence-electron chi connectivity index (χ2n) is 6.19. The summed E-state index contributed by atoms with van der Waals surface area (Å²) in [6.45, 7) is 6.82. The number of benzene rings is 2. The number of aryl methyl sites for hydroxylation is 1. The minimum atomic E-state index is -1.65. The molecular formula is C20H26O2Si. The maximum atomic E-state index is 5.59. The summed E-state index contributed by atoms with van der Waals surface area (Å²) in [7, 11) is 1.78. The second-order valence-corrected chi connectivity index (χ2v) is 10.5. The van der Waals surface area contributed by atoms with E-state index in [1.165, 1.54) is 10.8 Å². The summed E-state index contributed by atoms with van der Waals surface area (Å²) in [4.78, 5) is 0. The molecule has 0 saturated heterocycles. The van der Waals surface area contributed by atoms with Crippen LogP contribution < -0.4 is 14.7 Å². The molecule has 0 aliphatic heterocycles. The van der Waals surface area contributed by atoms with Crippen molar-refractivity contribution in [3.63, 3.8) is 0 Å². The van der Waals surface area contributed by atoms with E-state index < -0.39 is 8.07 Å². The molecule has 23 heavy (non-hydrogen) atoms. The molecule has 2 aromatic rings. The lowest BCUT2D eigenvalue weighted by atomic mass is 10.1. The van der Waals surface area contributed by atoms with Gasteiger partial charge in [-0.15, -0.1) is 0 Å². The molecular weight excluding hydrogens is 300 g/mol. The Morgan fingerprint density at radius 1 is 0.957 bits per heavy atom. The number of hydrogen-bond donors (Lipinski definition) is 0. The molecule has 0 atom stereocenters. The van der Waals surface area contributed by atoms with Gasteiger partial charge < -0.3 is 9.47 Å². The molecule has 0 heterocycles. The number of methoxy groups -OCH3 is 2. The molecule has 0 aliphatic rings. The maximum absolute atomic E-state index is 5.59. The highest BCUT2D eigenvalue weighted by atomic mass is 28.3. The van der Waals surface area contributed by atoms with Gasteiger partial charge in [0.2, 0.25) is 0 Å². The third-order valence-corrected chi connectivity index (χ3v) is 7.02. The van der Waals surface area contributed by atoms with Gasteiger partial charge in [-0.25, -0.2) is 0 Å². The zero-order valence-electron chi connectivity index (χ0n) is 14.7. The first-order valence-electron chi connectivity index (χ1n) is 8.01. The summed E-state index contributed by atoms with van der Waals surface area (Å²) in [6, 6.07) is 14.9. The Labute approximate surface area is 140 Å². The van der Waals surface area contributed by atoms with Crippen LogP contribution in [0.5, 0.6) is 11.5 Å². The van der Waals surface area contributed by atoms with Gasteiger partial charge in [0.25, 0.3) is 0 Å². The van der Waals surface area contributed by atoms with Crippen molar-refractivity contribution in [2.75, 3.05) is 14.2 Å². The summed E-state index contributed by atoms with van der Waals surface area (Å²) in [5, 5.41) is 1.42. The average molecular weight is 327 g/mol. The molecule has 0 unspecified atom stereocenters. The van der Waals surface area contributed by atoms with Gasteiger partial charge in [-0.1, -0.05) is 67.3 Å². The van der Waals surface area contributed by atoms with Gasteiger partial charge in [0.1, 0.15) is 19.6 Å². The van der Waals surface area contributed by atoms with Crippen LogP contribution in [0.1, 0.15) is 18.1 Å². The Kier molecular flexibility index (Phi) is 5.67. The molecule has 0 amide bonds. The fourth-order valence-corrected chi connectivity index (χ4v) is 4.44. The van der Waals surface area contributed by atoms with Crippen molar-refractivity contribution in [3.8, 4) is 11.5 Å². The monoisotopic (exact) mass is 326 g/mol. The summed E-state index contributed by atoms with van der Waals surface area (Å²) < 4.78 is 11.2. The van der Waals surface area contributed by atoms with Gasteiger partial charge in [-0.2, -0.15) is 0 Å². The van der Waals surface area contributed by atoms with E-state index in [9.17, 15) is 0 Å². The van der Waals surface area contributed by atoms with Crippen LogP contribution >= 0.6 is 0 Å². The highest BCUT2D eigenvalue weighted by Gasteiger charge is 2.20. The second kappa shape index (κ2) is 7.51. The lowest BCUT2D eigenvalue weighted by Crippen LogP contribution is -2.39. The summed E-state index contributed by atoms with van der Waals surface area (Å²) in [5.41, 5.74) is 4.58. The largest absolute Gasteiger partial charge is 0.496 e. The van der Waals surface area contributed by atoms with Crippen molar-refractivity contribution >= 4 is 19.3 Å². The van der Waals surface area contributed by atoms with Crippen LogP contribution in [0, 0.1) is 0 Å². The Hall–Kier alpha value is -2.00. The van der Waals surface area contributed by atoms with Crippen molar-refractivity contribution in [2.45, 2.75) is 26.4 Å². The molecule has 0 N–H and O–H groups in total. The Morgan fingerprint density at radius 3 is 2.00 bits per heavy atom. The Balaban J connectivity index is 2.42. The number of rotatable bonds is 6. The zero-order valence-corrected chi connectivity index (χ0v) is 15.7. The smallest absolute Gasteiger partial charge is 0.130 e. The zero-order chi connectivity index (χ0) is 16.9. The standard InChI is InChI=1S/C20H26O2Si/c1-6-16-14-19(21-2)18(20(15-16)22-3)12-13-23(4,5)17-10-8-7-9-11-17/h7-15H,6H2,1-5H3/b13-12+. The van der Waals surface area contributed by atoms with E-state index in [0.717, 1.165) is 23.5 Å². The van der Waals surface area contributed by atoms with Crippen LogP contribution in [0.15, 0.2) is 48.2 Å². The molecule has 0 bridgehead atoms. The van der Waals surface area contributed by atoms with Crippen LogP contribution in [0.2, 0.25) is 13.1 Å². The van der Waals surface area contributed by atoms with Gasteiger partial charge >= 0.3 is 0 Å². The third-order valence-electron chi connectivity index (χ3n) is 4.20. The normalized spacial score (nSPS) is 11.7.